The van der Waals surface area contributed by atoms with Gasteiger partial charge in [0.1, 0.15) is 5.82 Å². The first-order valence-corrected chi connectivity index (χ1v) is 9.93. The minimum absolute atomic E-state index is 0.386. The van der Waals surface area contributed by atoms with Gasteiger partial charge in [0, 0.05) is 36.6 Å². The van der Waals surface area contributed by atoms with E-state index in [9.17, 15) is 8.78 Å². The molecule has 4 rings (SSSR count). The zero-order valence-corrected chi connectivity index (χ0v) is 16.4. The molecule has 150 valence electrons. The SMILES string of the molecule is Cc1cc(N2CCC(Cc3ccccc3)CC2)nc(Nc2ccc(F)c(F)c2)n1. The summed E-state index contributed by atoms with van der Waals surface area (Å²) >= 11 is 0. The molecule has 1 N–H and O–H groups in total. The fourth-order valence-electron chi connectivity index (χ4n) is 3.79. The van der Waals surface area contributed by atoms with Crippen LogP contribution in [0.25, 0.3) is 0 Å². The van der Waals surface area contributed by atoms with Crippen LogP contribution in [0.5, 0.6) is 0 Å². The number of anilines is 3. The molecule has 0 bridgehead atoms. The molecule has 1 saturated heterocycles. The van der Waals surface area contributed by atoms with Gasteiger partial charge in [-0.3, -0.25) is 0 Å². The number of aryl methyl sites for hydroxylation is 1. The molecule has 0 spiro atoms. The lowest BCUT2D eigenvalue weighted by molar-refractivity contribution is 0.402. The maximum absolute atomic E-state index is 13.5. The third-order valence-corrected chi connectivity index (χ3v) is 5.32. The van der Waals surface area contributed by atoms with E-state index in [1.54, 1.807) is 0 Å². The Bertz CT molecular complexity index is 970. The standard InChI is InChI=1S/C23H24F2N4/c1-16-13-22(28-23(26-16)27-19-7-8-20(24)21(25)15-19)29-11-9-18(10-12-29)14-17-5-3-2-4-6-17/h2-8,13,15,18H,9-12,14H2,1H3,(H,26,27,28). The van der Waals surface area contributed by atoms with Gasteiger partial charge >= 0.3 is 0 Å². The summed E-state index contributed by atoms with van der Waals surface area (Å²) in [4.78, 5) is 11.3. The molecule has 0 unspecified atom stereocenters. The van der Waals surface area contributed by atoms with Crippen LogP contribution in [-0.2, 0) is 6.42 Å². The number of nitrogens with zero attached hydrogens (tertiary/aromatic N) is 3. The summed E-state index contributed by atoms with van der Waals surface area (Å²) in [6.45, 7) is 3.79. The van der Waals surface area contributed by atoms with E-state index in [0.29, 0.717) is 17.6 Å². The van der Waals surface area contributed by atoms with Gasteiger partial charge in [-0.1, -0.05) is 30.3 Å². The average Bonchev–Trinajstić information content (AvgIpc) is 2.72. The predicted molar refractivity (Wildman–Crippen MR) is 111 cm³/mol. The summed E-state index contributed by atoms with van der Waals surface area (Å²) in [6.07, 6.45) is 3.34. The third-order valence-electron chi connectivity index (χ3n) is 5.32. The van der Waals surface area contributed by atoms with E-state index >= 15 is 0 Å². The quantitative estimate of drug-likeness (QED) is 0.640. The third kappa shape index (κ3) is 4.88. The van der Waals surface area contributed by atoms with Gasteiger partial charge in [0.05, 0.1) is 0 Å². The Kier molecular flexibility index (Phi) is 5.69. The van der Waals surface area contributed by atoms with Crippen molar-refractivity contribution in [2.45, 2.75) is 26.2 Å². The van der Waals surface area contributed by atoms with Crippen LogP contribution < -0.4 is 10.2 Å². The summed E-state index contributed by atoms with van der Waals surface area (Å²) in [5.41, 5.74) is 2.63. The van der Waals surface area contributed by atoms with E-state index in [4.69, 9.17) is 0 Å². The zero-order valence-electron chi connectivity index (χ0n) is 16.4. The minimum Gasteiger partial charge on any atom is -0.356 e. The van der Waals surface area contributed by atoms with Gasteiger partial charge in [-0.05, 0) is 49.8 Å². The van der Waals surface area contributed by atoms with Crippen molar-refractivity contribution in [2.24, 2.45) is 5.92 Å². The van der Waals surface area contributed by atoms with Crippen molar-refractivity contribution >= 4 is 17.5 Å². The van der Waals surface area contributed by atoms with Gasteiger partial charge in [0.2, 0.25) is 5.95 Å². The molecule has 3 aromatic rings. The van der Waals surface area contributed by atoms with Gasteiger partial charge < -0.3 is 10.2 Å². The summed E-state index contributed by atoms with van der Waals surface area (Å²) in [6, 6.07) is 16.3. The molecular formula is C23H24F2N4. The molecule has 29 heavy (non-hydrogen) atoms. The number of hydrogen-bond donors (Lipinski definition) is 1. The van der Waals surface area contributed by atoms with Crippen molar-refractivity contribution in [1.82, 2.24) is 9.97 Å². The Hall–Kier alpha value is -3.02. The highest BCUT2D eigenvalue weighted by molar-refractivity contribution is 5.56. The average molecular weight is 394 g/mol. The second-order valence-electron chi connectivity index (χ2n) is 7.57. The Morgan fingerprint density at radius 3 is 2.45 bits per heavy atom. The smallest absolute Gasteiger partial charge is 0.229 e. The molecule has 0 atom stereocenters. The highest BCUT2D eigenvalue weighted by Crippen LogP contribution is 2.26. The van der Waals surface area contributed by atoms with E-state index in [1.807, 2.05) is 13.0 Å². The predicted octanol–water partition coefficient (Wildman–Crippen LogP) is 5.27. The Balaban J connectivity index is 1.42. The van der Waals surface area contributed by atoms with Crippen molar-refractivity contribution in [3.63, 3.8) is 0 Å². The van der Waals surface area contributed by atoms with Crippen LogP contribution in [-0.4, -0.2) is 23.1 Å². The van der Waals surface area contributed by atoms with Crippen LogP contribution in [0.15, 0.2) is 54.6 Å². The van der Waals surface area contributed by atoms with Crippen molar-refractivity contribution < 1.29 is 8.78 Å². The first kappa shape index (κ1) is 19.3. The highest BCUT2D eigenvalue weighted by Gasteiger charge is 2.21. The van der Waals surface area contributed by atoms with Crippen LogP contribution in [0.1, 0.15) is 24.1 Å². The second kappa shape index (κ2) is 8.55. The van der Waals surface area contributed by atoms with Gasteiger partial charge in [-0.25, -0.2) is 13.8 Å². The van der Waals surface area contributed by atoms with Crippen LogP contribution in [0.2, 0.25) is 0 Å². The molecular weight excluding hydrogens is 370 g/mol. The molecule has 1 fully saturated rings. The molecule has 1 aromatic heterocycles. The summed E-state index contributed by atoms with van der Waals surface area (Å²) in [7, 11) is 0. The number of benzene rings is 2. The van der Waals surface area contributed by atoms with E-state index in [1.165, 1.54) is 11.6 Å². The first-order valence-electron chi connectivity index (χ1n) is 9.93. The second-order valence-corrected chi connectivity index (χ2v) is 7.57. The molecule has 0 amide bonds. The number of nitrogens with one attached hydrogen (secondary N) is 1. The monoisotopic (exact) mass is 394 g/mol. The fourth-order valence-corrected chi connectivity index (χ4v) is 3.79. The van der Waals surface area contributed by atoms with Crippen LogP contribution in [0.4, 0.5) is 26.2 Å². The molecule has 0 saturated carbocycles. The summed E-state index contributed by atoms with van der Waals surface area (Å²) in [5.74, 6) is 0.151. The van der Waals surface area contributed by atoms with Gasteiger partial charge in [0.15, 0.2) is 11.6 Å². The lowest BCUT2D eigenvalue weighted by Crippen LogP contribution is -2.35. The van der Waals surface area contributed by atoms with Gasteiger partial charge in [0.25, 0.3) is 0 Å². The molecule has 0 aliphatic carbocycles. The lowest BCUT2D eigenvalue weighted by Gasteiger charge is -2.33. The van der Waals surface area contributed by atoms with Crippen LogP contribution in [0, 0.1) is 24.5 Å². The molecule has 2 aromatic carbocycles. The Morgan fingerprint density at radius 2 is 1.72 bits per heavy atom. The zero-order chi connectivity index (χ0) is 20.2. The topological polar surface area (TPSA) is 41.1 Å². The largest absolute Gasteiger partial charge is 0.356 e. The van der Waals surface area contributed by atoms with Gasteiger partial charge in [-0.15, -0.1) is 0 Å². The van der Waals surface area contributed by atoms with Crippen LogP contribution in [0.3, 0.4) is 0 Å². The van der Waals surface area contributed by atoms with E-state index in [0.717, 1.165) is 56.0 Å². The van der Waals surface area contributed by atoms with E-state index in [2.05, 4.69) is 50.5 Å². The maximum Gasteiger partial charge on any atom is 0.229 e. The number of halogens is 2. The fraction of sp³-hybridized carbons (Fsp3) is 0.304. The number of piperidine rings is 1. The van der Waals surface area contributed by atoms with Crippen molar-refractivity contribution in [1.29, 1.82) is 0 Å². The first-order chi connectivity index (χ1) is 14.1. The molecule has 2 heterocycles. The Morgan fingerprint density at radius 1 is 0.966 bits per heavy atom. The lowest BCUT2D eigenvalue weighted by atomic mass is 9.90. The van der Waals surface area contributed by atoms with E-state index in [-0.39, 0.29) is 0 Å². The number of hydrogen-bond acceptors (Lipinski definition) is 4. The molecule has 4 nitrogen and oxygen atoms in total. The van der Waals surface area contributed by atoms with Crippen LogP contribution >= 0.6 is 0 Å². The Labute approximate surface area is 169 Å². The van der Waals surface area contributed by atoms with Crippen molar-refractivity contribution in [3.05, 3.63) is 77.5 Å². The molecule has 1 aliphatic rings. The van der Waals surface area contributed by atoms with Crippen molar-refractivity contribution in [3.8, 4) is 0 Å². The minimum atomic E-state index is -0.900. The van der Waals surface area contributed by atoms with Crippen molar-refractivity contribution in [2.75, 3.05) is 23.3 Å². The number of aromatic nitrogens is 2. The normalized spacial score (nSPS) is 14.8. The molecule has 1 aliphatic heterocycles. The summed E-state index contributed by atoms with van der Waals surface area (Å²) in [5, 5.41) is 2.98. The highest BCUT2D eigenvalue weighted by atomic mass is 19.2. The van der Waals surface area contributed by atoms with Gasteiger partial charge in [-0.2, -0.15) is 4.98 Å². The summed E-state index contributed by atoms with van der Waals surface area (Å²) < 4.78 is 26.6. The molecule has 0 radical (unpaired) electrons. The molecule has 6 heteroatoms. The maximum atomic E-state index is 13.5. The number of rotatable bonds is 5. The van der Waals surface area contributed by atoms with E-state index < -0.39 is 11.6 Å².